The summed E-state index contributed by atoms with van der Waals surface area (Å²) < 4.78 is 4.81. The quantitative estimate of drug-likeness (QED) is 0.786. The molecule has 0 radical (unpaired) electrons. The summed E-state index contributed by atoms with van der Waals surface area (Å²) in [4.78, 5) is 24.3. The van der Waals surface area contributed by atoms with Crippen molar-refractivity contribution >= 4 is 28.7 Å². The number of ether oxygens (including phenoxy) is 1. The number of allylic oxidation sites excluding steroid dienone is 2. The van der Waals surface area contributed by atoms with E-state index < -0.39 is 0 Å². The number of ketones is 1. The lowest BCUT2D eigenvalue weighted by molar-refractivity contribution is -0.119. The Hall–Kier alpha value is -1.42. The van der Waals surface area contributed by atoms with Gasteiger partial charge in [0.1, 0.15) is 5.78 Å². The Kier molecular flexibility index (Phi) is 4.76. The average molecular weight is 292 g/mol. The Balaban J connectivity index is 2.38. The van der Waals surface area contributed by atoms with Crippen molar-refractivity contribution in [3.05, 3.63) is 27.0 Å². The molecule has 20 heavy (non-hydrogen) atoms. The zero-order valence-corrected chi connectivity index (χ0v) is 13.1. The topological polar surface area (TPSA) is 43.4 Å². The lowest BCUT2D eigenvalue weighted by atomic mass is 9.88. The molecule has 1 fully saturated rings. The smallest absolute Gasteiger partial charge is 0.338 e. The first-order valence-electron chi connectivity index (χ1n) is 6.97. The van der Waals surface area contributed by atoms with Gasteiger partial charge in [-0.25, -0.2) is 4.79 Å². The monoisotopic (exact) mass is 292 g/mol. The minimum Gasteiger partial charge on any atom is -0.465 e. The van der Waals surface area contributed by atoms with Crippen LogP contribution in [0.5, 0.6) is 0 Å². The van der Waals surface area contributed by atoms with E-state index >= 15 is 0 Å². The van der Waals surface area contributed by atoms with Gasteiger partial charge in [-0.3, -0.25) is 4.79 Å². The highest BCUT2D eigenvalue weighted by Crippen LogP contribution is 2.37. The molecule has 0 saturated heterocycles. The highest BCUT2D eigenvalue weighted by atomic mass is 32.1. The van der Waals surface area contributed by atoms with E-state index in [0.717, 1.165) is 24.8 Å². The second kappa shape index (κ2) is 6.35. The van der Waals surface area contributed by atoms with Crippen LogP contribution in [0.3, 0.4) is 0 Å². The van der Waals surface area contributed by atoms with Gasteiger partial charge in [0.05, 0.1) is 12.7 Å². The molecular formula is C16H20O3S. The third-order valence-corrected chi connectivity index (χ3v) is 5.05. The predicted octanol–water partition coefficient (Wildman–Crippen LogP) is 4.15. The van der Waals surface area contributed by atoms with E-state index in [9.17, 15) is 9.59 Å². The van der Waals surface area contributed by atoms with E-state index in [2.05, 4.69) is 6.92 Å². The van der Waals surface area contributed by atoms with Crippen LogP contribution in [0, 0.1) is 6.92 Å². The molecule has 1 saturated carbocycles. The van der Waals surface area contributed by atoms with Crippen molar-refractivity contribution in [2.75, 3.05) is 7.11 Å². The summed E-state index contributed by atoms with van der Waals surface area (Å²) in [7, 11) is 1.41. The van der Waals surface area contributed by atoms with Crippen LogP contribution in [0.4, 0.5) is 0 Å². The standard InChI is InChI=1S/C16H20O3S/c1-4-13(11-5-7-12(17)8-6-11)15-10(2)14(9-20-15)16(18)19-3/h9H,4-8H2,1-3H3. The van der Waals surface area contributed by atoms with Crippen LogP contribution in [-0.2, 0) is 9.53 Å². The Labute approximate surface area is 123 Å². The number of esters is 1. The highest BCUT2D eigenvalue weighted by molar-refractivity contribution is 7.11. The maximum Gasteiger partial charge on any atom is 0.338 e. The zero-order valence-electron chi connectivity index (χ0n) is 12.2. The minimum atomic E-state index is -0.274. The summed E-state index contributed by atoms with van der Waals surface area (Å²) in [5.41, 5.74) is 4.36. The van der Waals surface area contributed by atoms with Crippen LogP contribution in [0.2, 0.25) is 0 Å². The zero-order chi connectivity index (χ0) is 14.7. The molecular weight excluding hydrogens is 272 g/mol. The van der Waals surface area contributed by atoms with Gasteiger partial charge in [0, 0.05) is 23.1 Å². The van der Waals surface area contributed by atoms with Crippen LogP contribution >= 0.6 is 11.3 Å². The van der Waals surface area contributed by atoms with Crippen LogP contribution in [-0.4, -0.2) is 18.9 Å². The van der Waals surface area contributed by atoms with Crippen molar-refractivity contribution in [2.24, 2.45) is 0 Å². The summed E-state index contributed by atoms with van der Waals surface area (Å²) in [5, 5.41) is 1.88. The van der Waals surface area contributed by atoms with Gasteiger partial charge in [0.25, 0.3) is 0 Å². The summed E-state index contributed by atoms with van der Waals surface area (Å²) in [6.45, 7) is 4.11. The third kappa shape index (κ3) is 2.85. The molecule has 3 nitrogen and oxygen atoms in total. The van der Waals surface area contributed by atoms with Gasteiger partial charge in [-0.1, -0.05) is 12.5 Å². The fourth-order valence-electron chi connectivity index (χ4n) is 2.73. The average Bonchev–Trinajstić information content (AvgIpc) is 2.83. The highest BCUT2D eigenvalue weighted by Gasteiger charge is 2.21. The lowest BCUT2D eigenvalue weighted by Crippen LogP contribution is -2.08. The third-order valence-electron chi connectivity index (χ3n) is 3.91. The lowest BCUT2D eigenvalue weighted by Gasteiger charge is -2.18. The number of hydrogen-bond acceptors (Lipinski definition) is 4. The number of hydrogen-bond donors (Lipinski definition) is 0. The van der Waals surface area contributed by atoms with E-state index in [1.54, 1.807) is 11.3 Å². The van der Waals surface area contributed by atoms with Crippen molar-refractivity contribution in [1.82, 2.24) is 0 Å². The number of carbonyl (C=O) groups excluding carboxylic acids is 2. The Morgan fingerprint density at radius 2 is 1.95 bits per heavy atom. The van der Waals surface area contributed by atoms with E-state index in [1.165, 1.54) is 23.1 Å². The van der Waals surface area contributed by atoms with Gasteiger partial charge in [-0.15, -0.1) is 11.3 Å². The first-order valence-corrected chi connectivity index (χ1v) is 7.85. The summed E-state index contributed by atoms with van der Waals surface area (Å²) in [5.74, 6) is 0.0895. The molecule has 4 heteroatoms. The SMILES string of the molecule is CCC(=C1CCC(=O)CC1)c1scc(C(=O)OC)c1C. The molecule has 0 aromatic carbocycles. The number of rotatable bonds is 3. The fourth-order valence-corrected chi connectivity index (χ4v) is 3.96. The van der Waals surface area contributed by atoms with Gasteiger partial charge in [-0.05, 0) is 37.3 Å². The van der Waals surface area contributed by atoms with E-state index in [-0.39, 0.29) is 5.97 Å². The van der Waals surface area contributed by atoms with Crippen molar-refractivity contribution in [1.29, 1.82) is 0 Å². The van der Waals surface area contributed by atoms with Gasteiger partial charge in [0.2, 0.25) is 0 Å². The molecule has 1 aliphatic rings. The molecule has 0 spiro atoms. The van der Waals surface area contributed by atoms with Gasteiger partial charge in [-0.2, -0.15) is 0 Å². The Morgan fingerprint density at radius 3 is 2.50 bits per heavy atom. The molecule has 0 aliphatic heterocycles. The van der Waals surface area contributed by atoms with Crippen LogP contribution < -0.4 is 0 Å². The van der Waals surface area contributed by atoms with Gasteiger partial charge in [0.15, 0.2) is 0 Å². The Bertz CT molecular complexity index is 554. The van der Waals surface area contributed by atoms with Crippen molar-refractivity contribution in [3.63, 3.8) is 0 Å². The van der Waals surface area contributed by atoms with Crippen LogP contribution in [0.1, 0.15) is 59.8 Å². The first kappa shape index (κ1) is 15.0. The normalized spacial score (nSPS) is 15.3. The molecule has 0 bridgehead atoms. The van der Waals surface area contributed by atoms with Crippen LogP contribution in [0.15, 0.2) is 11.0 Å². The second-order valence-corrected chi connectivity index (χ2v) is 5.95. The number of thiophene rings is 1. The van der Waals surface area contributed by atoms with Gasteiger partial charge >= 0.3 is 5.97 Å². The maximum absolute atomic E-state index is 11.7. The molecule has 1 aliphatic carbocycles. The molecule has 1 heterocycles. The molecule has 0 atom stereocenters. The van der Waals surface area contributed by atoms with E-state index in [4.69, 9.17) is 4.74 Å². The molecule has 0 unspecified atom stereocenters. The summed E-state index contributed by atoms with van der Waals surface area (Å²) in [6, 6.07) is 0. The maximum atomic E-state index is 11.7. The first-order chi connectivity index (χ1) is 9.58. The Morgan fingerprint density at radius 1 is 1.30 bits per heavy atom. The van der Waals surface area contributed by atoms with Crippen molar-refractivity contribution < 1.29 is 14.3 Å². The number of methoxy groups -OCH3 is 1. The largest absolute Gasteiger partial charge is 0.465 e. The second-order valence-electron chi connectivity index (χ2n) is 5.07. The van der Waals surface area contributed by atoms with Gasteiger partial charge < -0.3 is 4.74 Å². The van der Waals surface area contributed by atoms with Crippen molar-refractivity contribution in [3.8, 4) is 0 Å². The predicted molar refractivity (Wildman–Crippen MR) is 81.1 cm³/mol. The number of Topliss-reactive ketones (excluding diaryl/α,β-unsaturated/α-hetero) is 1. The molecule has 1 aromatic rings. The molecule has 2 rings (SSSR count). The van der Waals surface area contributed by atoms with E-state index in [1.807, 2.05) is 12.3 Å². The minimum absolute atomic E-state index is 0.274. The molecule has 0 N–H and O–H groups in total. The van der Waals surface area contributed by atoms with Crippen LogP contribution in [0.25, 0.3) is 5.57 Å². The fraction of sp³-hybridized carbons (Fsp3) is 0.500. The van der Waals surface area contributed by atoms with E-state index in [0.29, 0.717) is 24.2 Å². The molecule has 1 aromatic heterocycles. The summed E-state index contributed by atoms with van der Waals surface area (Å²) >= 11 is 1.60. The number of carbonyl (C=O) groups is 2. The van der Waals surface area contributed by atoms with Crippen molar-refractivity contribution in [2.45, 2.75) is 46.0 Å². The summed E-state index contributed by atoms with van der Waals surface area (Å²) in [6.07, 6.45) is 3.99. The molecule has 0 amide bonds. The molecule has 108 valence electrons.